The number of likely N-dealkylation sites (N-methyl/N-ethyl adjacent to an activating group) is 1. The van der Waals surface area contributed by atoms with Crippen LogP contribution < -0.4 is 5.32 Å². The molecule has 3 nitrogen and oxygen atoms in total. The van der Waals surface area contributed by atoms with Gasteiger partial charge in [0.25, 0.3) is 0 Å². The standard InChI is InChI=1S/C15H24ClN3.2ClH/c1-13(14-4-3-5-15(16)12-14)18(2)10-11-19-8-6-17-7-9-19;;/h3-5,12-13,17H,6-11H2,1-2H3;2*1H. The first-order valence-electron chi connectivity index (χ1n) is 7.05. The van der Waals surface area contributed by atoms with Crippen LogP contribution >= 0.6 is 36.4 Å². The van der Waals surface area contributed by atoms with E-state index in [1.54, 1.807) is 0 Å². The highest BCUT2D eigenvalue weighted by molar-refractivity contribution is 6.30. The molecule has 1 atom stereocenters. The van der Waals surface area contributed by atoms with Gasteiger partial charge >= 0.3 is 0 Å². The lowest BCUT2D eigenvalue weighted by Gasteiger charge is -2.31. The minimum atomic E-state index is 0. The summed E-state index contributed by atoms with van der Waals surface area (Å²) in [7, 11) is 2.19. The van der Waals surface area contributed by atoms with Crippen LogP contribution in [0.2, 0.25) is 5.02 Å². The second kappa shape index (κ2) is 10.7. The Morgan fingerprint density at radius 1 is 1.29 bits per heavy atom. The van der Waals surface area contributed by atoms with Crippen LogP contribution in [0.25, 0.3) is 0 Å². The van der Waals surface area contributed by atoms with E-state index in [2.05, 4.69) is 41.2 Å². The van der Waals surface area contributed by atoms with Crippen molar-refractivity contribution in [2.45, 2.75) is 13.0 Å². The zero-order valence-corrected chi connectivity index (χ0v) is 15.1. The lowest BCUT2D eigenvalue weighted by atomic mass is 10.1. The zero-order chi connectivity index (χ0) is 13.7. The molecule has 0 bridgehead atoms. The van der Waals surface area contributed by atoms with Crippen molar-refractivity contribution in [3.8, 4) is 0 Å². The summed E-state index contributed by atoms with van der Waals surface area (Å²) in [6, 6.07) is 8.57. The molecule has 6 heteroatoms. The number of halogens is 3. The van der Waals surface area contributed by atoms with Crippen molar-refractivity contribution in [1.29, 1.82) is 0 Å². The Bertz CT molecular complexity index is 398. The fraction of sp³-hybridized carbons (Fsp3) is 0.600. The zero-order valence-electron chi connectivity index (χ0n) is 12.7. The highest BCUT2D eigenvalue weighted by Gasteiger charge is 2.14. The molecule has 0 radical (unpaired) electrons. The molecule has 1 heterocycles. The SMILES string of the molecule is CC(c1cccc(Cl)c1)N(C)CCN1CCNCC1.Cl.Cl. The van der Waals surface area contributed by atoms with E-state index >= 15 is 0 Å². The van der Waals surface area contributed by atoms with E-state index in [4.69, 9.17) is 11.6 Å². The number of nitrogens with zero attached hydrogens (tertiary/aromatic N) is 2. The van der Waals surface area contributed by atoms with Crippen LogP contribution in [-0.2, 0) is 0 Å². The van der Waals surface area contributed by atoms with Crippen molar-refractivity contribution >= 4 is 36.4 Å². The molecule has 21 heavy (non-hydrogen) atoms. The molecule has 1 aromatic carbocycles. The quantitative estimate of drug-likeness (QED) is 0.876. The molecule has 0 amide bonds. The highest BCUT2D eigenvalue weighted by Crippen LogP contribution is 2.21. The maximum absolute atomic E-state index is 6.06. The first-order chi connectivity index (χ1) is 9.16. The molecule has 0 saturated carbocycles. The number of benzene rings is 1. The van der Waals surface area contributed by atoms with Gasteiger partial charge in [-0.25, -0.2) is 0 Å². The lowest BCUT2D eigenvalue weighted by molar-refractivity contribution is 0.183. The number of piperazine rings is 1. The molecule has 1 aliphatic heterocycles. The molecule has 122 valence electrons. The predicted molar refractivity (Wildman–Crippen MR) is 96.3 cm³/mol. The molecule has 2 rings (SSSR count). The van der Waals surface area contributed by atoms with Crippen LogP contribution in [0.5, 0.6) is 0 Å². The Labute approximate surface area is 145 Å². The summed E-state index contributed by atoms with van der Waals surface area (Å²) < 4.78 is 0. The summed E-state index contributed by atoms with van der Waals surface area (Å²) in [4.78, 5) is 4.92. The van der Waals surface area contributed by atoms with Crippen LogP contribution in [-0.4, -0.2) is 56.1 Å². The van der Waals surface area contributed by atoms with Crippen molar-refractivity contribution < 1.29 is 0 Å². The van der Waals surface area contributed by atoms with Crippen molar-refractivity contribution in [2.75, 3.05) is 46.3 Å². The van der Waals surface area contributed by atoms with Gasteiger partial charge in [0.15, 0.2) is 0 Å². The maximum atomic E-state index is 6.06. The van der Waals surface area contributed by atoms with Crippen molar-refractivity contribution in [1.82, 2.24) is 15.1 Å². The Hall–Kier alpha value is -0.0300. The molecule has 0 aliphatic carbocycles. The molecular weight excluding hydrogens is 329 g/mol. The van der Waals surface area contributed by atoms with Crippen LogP contribution in [0.3, 0.4) is 0 Å². The van der Waals surface area contributed by atoms with Gasteiger partial charge in [-0.15, -0.1) is 24.8 Å². The lowest BCUT2D eigenvalue weighted by Crippen LogP contribution is -2.46. The normalized spacial score (nSPS) is 17.0. The average molecular weight is 355 g/mol. The van der Waals surface area contributed by atoms with Gasteiger partial charge in [-0.3, -0.25) is 9.80 Å². The van der Waals surface area contributed by atoms with Gasteiger partial charge in [0.05, 0.1) is 0 Å². The van der Waals surface area contributed by atoms with Gasteiger partial charge in [0.2, 0.25) is 0 Å². The van der Waals surface area contributed by atoms with E-state index in [0.717, 1.165) is 31.2 Å². The van der Waals surface area contributed by atoms with Crippen LogP contribution in [0, 0.1) is 0 Å². The van der Waals surface area contributed by atoms with E-state index in [9.17, 15) is 0 Å². The molecule has 0 spiro atoms. The topological polar surface area (TPSA) is 18.5 Å². The van der Waals surface area contributed by atoms with Gasteiger partial charge in [0.1, 0.15) is 0 Å². The van der Waals surface area contributed by atoms with Crippen molar-refractivity contribution in [2.24, 2.45) is 0 Å². The predicted octanol–water partition coefficient (Wildman–Crippen LogP) is 3.08. The minimum absolute atomic E-state index is 0. The third-order valence-corrected chi connectivity index (χ3v) is 4.21. The summed E-state index contributed by atoms with van der Waals surface area (Å²) in [5.41, 5.74) is 1.29. The van der Waals surface area contributed by atoms with E-state index in [1.165, 1.54) is 18.7 Å². The van der Waals surface area contributed by atoms with Crippen LogP contribution in [0.4, 0.5) is 0 Å². The monoisotopic (exact) mass is 353 g/mol. The second-order valence-corrected chi connectivity index (χ2v) is 5.74. The summed E-state index contributed by atoms with van der Waals surface area (Å²) in [6.45, 7) is 9.04. The van der Waals surface area contributed by atoms with Gasteiger partial charge in [0, 0.05) is 50.3 Å². The molecule has 1 aliphatic rings. The third kappa shape index (κ3) is 6.72. The van der Waals surface area contributed by atoms with E-state index < -0.39 is 0 Å². The Morgan fingerprint density at radius 3 is 2.57 bits per heavy atom. The van der Waals surface area contributed by atoms with E-state index in [-0.39, 0.29) is 24.8 Å². The number of hydrogen-bond donors (Lipinski definition) is 1. The number of rotatable bonds is 5. The molecule has 1 aromatic rings. The summed E-state index contributed by atoms with van der Waals surface area (Å²) >= 11 is 6.06. The molecule has 1 fully saturated rings. The van der Waals surface area contributed by atoms with Crippen molar-refractivity contribution in [3.63, 3.8) is 0 Å². The first kappa shape index (κ1) is 21.0. The summed E-state index contributed by atoms with van der Waals surface area (Å²) in [6.07, 6.45) is 0. The highest BCUT2D eigenvalue weighted by atomic mass is 35.5. The van der Waals surface area contributed by atoms with Crippen LogP contribution in [0.1, 0.15) is 18.5 Å². The average Bonchev–Trinajstić information content (AvgIpc) is 2.45. The van der Waals surface area contributed by atoms with E-state index in [1.807, 2.05) is 12.1 Å². The van der Waals surface area contributed by atoms with Gasteiger partial charge in [-0.1, -0.05) is 23.7 Å². The largest absolute Gasteiger partial charge is 0.314 e. The Kier molecular flexibility index (Phi) is 10.6. The Morgan fingerprint density at radius 2 is 1.95 bits per heavy atom. The van der Waals surface area contributed by atoms with Crippen LogP contribution in [0.15, 0.2) is 24.3 Å². The van der Waals surface area contributed by atoms with E-state index in [0.29, 0.717) is 6.04 Å². The fourth-order valence-electron chi connectivity index (χ4n) is 2.45. The first-order valence-corrected chi connectivity index (χ1v) is 7.43. The Balaban J connectivity index is 0.00000200. The number of nitrogens with one attached hydrogen (secondary N) is 1. The number of hydrogen-bond acceptors (Lipinski definition) is 3. The molecular formula is C15H26Cl3N3. The molecule has 1 saturated heterocycles. The summed E-state index contributed by atoms with van der Waals surface area (Å²) in [5.74, 6) is 0. The van der Waals surface area contributed by atoms with Gasteiger partial charge in [-0.05, 0) is 31.7 Å². The van der Waals surface area contributed by atoms with Gasteiger partial charge in [-0.2, -0.15) is 0 Å². The minimum Gasteiger partial charge on any atom is -0.314 e. The molecule has 1 N–H and O–H groups in total. The fourth-order valence-corrected chi connectivity index (χ4v) is 2.65. The maximum Gasteiger partial charge on any atom is 0.0409 e. The van der Waals surface area contributed by atoms with Gasteiger partial charge < -0.3 is 5.32 Å². The smallest absolute Gasteiger partial charge is 0.0409 e. The molecule has 1 unspecified atom stereocenters. The third-order valence-electron chi connectivity index (χ3n) is 3.97. The second-order valence-electron chi connectivity index (χ2n) is 5.30. The summed E-state index contributed by atoms with van der Waals surface area (Å²) in [5, 5.41) is 4.21. The van der Waals surface area contributed by atoms with Crippen molar-refractivity contribution in [3.05, 3.63) is 34.9 Å². The molecule has 0 aromatic heterocycles.